The maximum atomic E-state index is 11.7. The molecule has 0 radical (unpaired) electrons. The number of carbonyl (C=O) groups excluding carboxylic acids is 1. The molecule has 5 heteroatoms. The highest BCUT2D eigenvalue weighted by Gasteiger charge is 2.70. The van der Waals surface area contributed by atoms with E-state index in [-0.39, 0.29) is 33.3 Å². The molecule has 0 bridgehead atoms. The van der Waals surface area contributed by atoms with Crippen LogP contribution >= 0.6 is 0 Å². The number of rotatable bonds is 3. The summed E-state index contributed by atoms with van der Waals surface area (Å²) in [7, 11) is 0. The highest BCUT2D eigenvalue weighted by Crippen LogP contribution is 2.75. The van der Waals surface area contributed by atoms with Crippen LogP contribution in [0.25, 0.3) is 0 Å². The number of carbonyl (C=O) groups is 2. The summed E-state index contributed by atoms with van der Waals surface area (Å²) in [5.74, 6) is 2.36. The van der Waals surface area contributed by atoms with Crippen LogP contribution in [0.3, 0.4) is 0 Å². The molecule has 0 aromatic rings. The fraction of sp³-hybridized carbons (Fsp3) is 0.929. The van der Waals surface area contributed by atoms with E-state index in [0.717, 1.165) is 38.5 Å². The van der Waals surface area contributed by atoms with Crippen molar-refractivity contribution < 1.29 is 19.4 Å². The molecule has 0 aromatic carbocycles. The summed E-state index contributed by atoms with van der Waals surface area (Å²) in [6, 6.07) is 0. The van der Waals surface area contributed by atoms with Crippen molar-refractivity contribution >= 4 is 12.6 Å². The molecular weight excluding hydrogens is 414 g/mol. The topological polar surface area (TPSA) is 75.6 Å². The van der Waals surface area contributed by atoms with E-state index in [4.69, 9.17) is 4.74 Å². The predicted molar refractivity (Wildman–Crippen MR) is 128 cm³/mol. The standard InChI is InChI=1S/C28H45NO4/c1-24(2)20-10-14-27(5)21(25(20,3)13-11-22(24)33-17-30)9-8-18-19-7-6-12-28(19,29-23(31)32)16-15-26(18,27)4/h17-22,29H,6-16H2,1-5H3,(H,31,32)/t18?,19-,20?,21?,22?,25?,26-,27?,28?/m1/s1. The lowest BCUT2D eigenvalue weighted by Crippen LogP contribution is -2.68. The summed E-state index contributed by atoms with van der Waals surface area (Å²) in [4.78, 5) is 22.9. The monoisotopic (exact) mass is 459 g/mol. The quantitative estimate of drug-likeness (QED) is 0.479. The van der Waals surface area contributed by atoms with Crippen molar-refractivity contribution in [2.75, 3.05) is 0 Å². The maximum absolute atomic E-state index is 11.7. The molecule has 33 heavy (non-hydrogen) atoms. The second-order valence-electron chi connectivity index (χ2n) is 13.8. The molecule has 5 saturated carbocycles. The van der Waals surface area contributed by atoms with E-state index in [2.05, 4.69) is 39.9 Å². The van der Waals surface area contributed by atoms with Crippen LogP contribution < -0.4 is 5.32 Å². The Morgan fingerprint density at radius 3 is 2.30 bits per heavy atom. The molecule has 0 aromatic heterocycles. The predicted octanol–water partition coefficient (Wildman–Crippen LogP) is 6.40. The first-order valence-electron chi connectivity index (χ1n) is 13.5. The summed E-state index contributed by atoms with van der Waals surface area (Å²) < 4.78 is 5.61. The zero-order chi connectivity index (χ0) is 23.9. The molecule has 1 amide bonds. The summed E-state index contributed by atoms with van der Waals surface area (Å²) in [5.41, 5.74) is 0.644. The van der Waals surface area contributed by atoms with Gasteiger partial charge in [-0.1, -0.05) is 41.0 Å². The average Bonchev–Trinajstić information content (AvgIpc) is 3.14. The van der Waals surface area contributed by atoms with Crippen molar-refractivity contribution in [3.63, 3.8) is 0 Å². The first-order chi connectivity index (χ1) is 15.4. The van der Waals surface area contributed by atoms with E-state index < -0.39 is 6.09 Å². The molecule has 9 atom stereocenters. The molecule has 186 valence electrons. The fourth-order valence-electron chi connectivity index (χ4n) is 11.3. The van der Waals surface area contributed by atoms with Gasteiger partial charge in [-0.2, -0.15) is 0 Å². The average molecular weight is 460 g/mol. The highest BCUT2D eigenvalue weighted by atomic mass is 16.5. The SMILES string of the molecule is CC1(C)C(OC=O)CCC2(C)C1CCC1(C)C2CCC2[C@H]3CCCC3(NC(=O)O)CC[C@]21C. The van der Waals surface area contributed by atoms with Gasteiger partial charge in [0.25, 0.3) is 6.47 Å². The minimum atomic E-state index is -0.838. The van der Waals surface area contributed by atoms with E-state index >= 15 is 0 Å². The molecule has 5 nitrogen and oxygen atoms in total. The third-order valence-electron chi connectivity index (χ3n) is 12.9. The number of hydrogen-bond acceptors (Lipinski definition) is 3. The number of ether oxygens (including phenoxy) is 1. The minimum Gasteiger partial charge on any atom is -0.465 e. The molecule has 5 rings (SSSR count). The number of carboxylic acid groups (broad SMARTS) is 1. The largest absolute Gasteiger partial charge is 0.465 e. The van der Waals surface area contributed by atoms with Crippen molar-refractivity contribution in [2.24, 2.45) is 45.3 Å². The van der Waals surface area contributed by atoms with Crippen LogP contribution in [-0.4, -0.2) is 29.3 Å². The smallest absolute Gasteiger partial charge is 0.405 e. The first-order valence-corrected chi connectivity index (χ1v) is 13.5. The molecular formula is C28H45NO4. The van der Waals surface area contributed by atoms with Crippen LogP contribution in [0.5, 0.6) is 0 Å². The molecule has 0 spiro atoms. The normalized spacial score (nSPS) is 52.5. The Kier molecular flexibility index (Phi) is 5.24. The Balaban J connectivity index is 1.48. The van der Waals surface area contributed by atoms with Crippen LogP contribution in [0, 0.1) is 45.3 Å². The van der Waals surface area contributed by atoms with Gasteiger partial charge >= 0.3 is 6.09 Å². The number of amides is 1. The van der Waals surface area contributed by atoms with E-state index in [0.29, 0.717) is 30.1 Å². The molecule has 5 aliphatic rings. The molecule has 5 aliphatic carbocycles. The van der Waals surface area contributed by atoms with Crippen LogP contribution in [0.1, 0.15) is 105 Å². The lowest BCUT2D eigenvalue weighted by atomic mass is 9.33. The van der Waals surface area contributed by atoms with Gasteiger partial charge in [0, 0.05) is 11.0 Å². The lowest BCUT2D eigenvalue weighted by molar-refractivity contribution is -0.243. The van der Waals surface area contributed by atoms with Gasteiger partial charge in [0.05, 0.1) is 0 Å². The van der Waals surface area contributed by atoms with E-state index in [9.17, 15) is 14.7 Å². The van der Waals surface area contributed by atoms with Crippen LogP contribution in [0.4, 0.5) is 4.79 Å². The Hall–Kier alpha value is -1.26. The van der Waals surface area contributed by atoms with Gasteiger partial charge in [0.2, 0.25) is 0 Å². The van der Waals surface area contributed by atoms with Gasteiger partial charge in [-0.15, -0.1) is 0 Å². The van der Waals surface area contributed by atoms with Crippen molar-refractivity contribution in [3.05, 3.63) is 0 Å². The molecule has 0 aliphatic heterocycles. The number of hydrogen-bond donors (Lipinski definition) is 2. The molecule has 5 fully saturated rings. The van der Waals surface area contributed by atoms with Crippen molar-refractivity contribution in [1.82, 2.24) is 5.32 Å². The van der Waals surface area contributed by atoms with Crippen molar-refractivity contribution in [1.29, 1.82) is 0 Å². The molecule has 2 N–H and O–H groups in total. The molecule has 7 unspecified atom stereocenters. The van der Waals surface area contributed by atoms with Crippen molar-refractivity contribution in [2.45, 2.75) is 117 Å². The maximum Gasteiger partial charge on any atom is 0.405 e. The zero-order valence-electron chi connectivity index (χ0n) is 21.4. The van der Waals surface area contributed by atoms with E-state index in [1.165, 1.54) is 32.1 Å². The van der Waals surface area contributed by atoms with E-state index in [1.54, 1.807) is 0 Å². The number of fused-ring (bicyclic) bond motifs is 7. The Bertz CT molecular complexity index is 827. The summed E-state index contributed by atoms with van der Waals surface area (Å²) in [6.07, 6.45) is 11.8. The highest BCUT2D eigenvalue weighted by molar-refractivity contribution is 5.66. The molecule has 0 heterocycles. The van der Waals surface area contributed by atoms with Crippen LogP contribution in [0.2, 0.25) is 0 Å². The Morgan fingerprint density at radius 2 is 1.61 bits per heavy atom. The second kappa shape index (κ2) is 7.37. The van der Waals surface area contributed by atoms with Crippen molar-refractivity contribution in [3.8, 4) is 0 Å². The summed E-state index contributed by atoms with van der Waals surface area (Å²) in [5, 5.41) is 12.7. The minimum absolute atomic E-state index is 0.00553. The Labute approximate surface area is 199 Å². The third kappa shape index (κ3) is 2.95. The van der Waals surface area contributed by atoms with Crippen LogP contribution in [-0.2, 0) is 9.53 Å². The van der Waals surface area contributed by atoms with Gasteiger partial charge in [0.15, 0.2) is 0 Å². The van der Waals surface area contributed by atoms with Gasteiger partial charge < -0.3 is 15.2 Å². The van der Waals surface area contributed by atoms with Gasteiger partial charge in [-0.05, 0) is 104 Å². The fourth-order valence-corrected chi connectivity index (χ4v) is 11.3. The van der Waals surface area contributed by atoms with Gasteiger partial charge in [-0.25, -0.2) is 4.79 Å². The Morgan fingerprint density at radius 1 is 0.848 bits per heavy atom. The molecule has 0 saturated heterocycles. The first kappa shape index (κ1) is 23.5. The third-order valence-corrected chi connectivity index (χ3v) is 12.9. The number of nitrogens with one attached hydrogen (secondary N) is 1. The van der Waals surface area contributed by atoms with Gasteiger partial charge in [-0.3, -0.25) is 4.79 Å². The summed E-state index contributed by atoms with van der Waals surface area (Å²) in [6.45, 7) is 13.1. The van der Waals surface area contributed by atoms with E-state index in [1.807, 2.05) is 0 Å². The lowest BCUT2D eigenvalue weighted by Gasteiger charge is -2.72. The summed E-state index contributed by atoms with van der Waals surface area (Å²) >= 11 is 0. The zero-order valence-corrected chi connectivity index (χ0v) is 21.4. The van der Waals surface area contributed by atoms with Gasteiger partial charge in [0.1, 0.15) is 6.10 Å². The second-order valence-corrected chi connectivity index (χ2v) is 13.8. The van der Waals surface area contributed by atoms with Crippen LogP contribution in [0.15, 0.2) is 0 Å².